The van der Waals surface area contributed by atoms with Gasteiger partial charge in [-0.2, -0.15) is 18.3 Å². The van der Waals surface area contributed by atoms with E-state index in [0.29, 0.717) is 27.7 Å². The van der Waals surface area contributed by atoms with Gasteiger partial charge in [-0.1, -0.05) is 12.1 Å². The minimum Gasteiger partial charge on any atom is -0.383 e. The number of hydrogen-bond acceptors (Lipinski definition) is 5. The van der Waals surface area contributed by atoms with E-state index >= 15 is 0 Å². The first-order chi connectivity index (χ1) is 14.1. The molecule has 0 saturated heterocycles. The number of nitrogen functional groups attached to an aromatic ring is 1. The molecular weight excluding hydrogens is 397 g/mol. The van der Waals surface area contributed by atoms with Gasteiger partial charge in [0.05, 0.1) is 34.4 Å². The summed E-state index contributed by atoms with van der Waals surface area (Å²) in [5.74, 6) is -0.0464. The molecule has 0 aliphatic rings. The fourth-order valence-electron chi connectivity index (χ4n) is 3.32. The maximum absolute atomic E-state index is 12.9. The molecule has 10 heteroatoms. The van der Waals surface area contributed by atoms with Crippen molar-refractivity contribution in [3.63, 3.8) is 0 Å². The van der Waals surface area contributed by atoms with E-state index in [2.05, 4.69) is 15.1 Å². The van der Waals surface area contributed by atoms with Crippen molar-refractivity contribution in [3.05, 3.63) is 59.5 Å². The molecule has 3 aromatic heterocycles. The average Bonchev–Trinajstić information content (AvgIpc) is 3.09. The fourth-order valence-corrected chi connectivity index (χ4v) is 3.32. The summed E-state index contributed by atoms with van der Waals surface area (Å²) in [6.45, 7) is 0.137. The lowest BCUT2D eigenvalue weighted by Gasteiger charge is -2.17. The van der Waals surface area contributed by atoms with Gasteiger partial charge in [0.1, 0.15) is 11.5 Å². The fraction of sp³-hybridized carbons (Fsp3) is 0.200. The van der Waals surface area contributed by atoms with Gasteiger partial charge in [0.2, 0.25) is 0 Å². The zero-order chi connectivity index (χ0) is 21.6. The first-order valence-electron chi connectivity index (χ1n) is 8.93. The number of pyridine rings is 2. The highest BCUT2D eigenvalue weighted by molar-refractivity contribution is 6.09. The summed E-state index contributed by atoms with van der Waals surface area (Å²) in [6.07, 6.45) is -1.32. The molecule has 0 fully saturated rings. The lowest BCUT2D eigenvalue weighted by Crippen LogP contribution is -2.27. The van der Waals surface area contributed by atoms with Gasteiger partial charge in [-0.05, 0) is 23.8 Å². The average molecular weight is 414 g/mol. The number of benzene rings is 1. The number of hydrogen-bond donors (Lipinski definition) is 1. The van der Waals surface area contributed by atoms with Crippen LogP contribution >= 0.6 is 0 Å². The number of carbonyl (C=O) groups excluding carboxylic acids is 1. The Balaban J connectivity index is 1.63. The van der Waals surface area contributed by atoms with E-state index in [1.54, 1.807) is 31.0 Å². The second-order valence-electron chi connectivity index (χ2n) is 6.97. The van der Waals surface area contributed by atoms with Crippen molar-refractivity contribution in [2.45, 2.75) is 12.7 Å². The predicted octanol–water partition coefficient (Wildman–Crippen LogP) is 3.39. The van der Waals surface area contributed by atoms with Crippen molar-refractivity contribution in [3.8, 4) is 0 Å². The number of nitrogens with two attached hydrogens (primary N) is 1. The normalized spacial score (nSPS) is 11.9. The van der Waals surface area contributed by atoms with Crippen LogP contribution in [0.2, 0.25) is 0 Å². The van der Waals surface area contributed by atoms with Crippen LogP contribution in [0.4, 0.5) is 19.0 Å². The third-order valence-electron chi connectivity index (χ3n) is 4.86. The zero-order valence-electron chi connectivity index (χ0n) is 16.1. The highest BCUT2D eigenvalue weighted by Crippen LogP contribution is 2.30. The standard InChI is InChI=1S/C20H17F3N6O/c1-28(10-11-3-5-12(6-4-11)20(21,22)23)19(30)15-7-13-16(9-25-15)27-18(24)14-8-26-29(2)17(13)14/h3-9H,10H2,1-2H3,(H2,24,27). The summed E-state index contributed by atoms with van der Waals surface area (Å²) in [5, 5.41) is 5.55. The van der Waals surface area contributed by atoms with Gasteiger partial charge < -0.3 is 10.6 Å². The lowest BCUT2D eigenvalue weighted by molar-refractivity contribution is -0.137. The summed E-state index contributed by atoms with van der Waals surface area (Å²) in [6, 6.07) is 6.32. The number of alkyl halides is 3. The van der Waals surface area contributed by atoms with Crippen molar-refractivity contribution in [1.29, 1.82) is 0 Å². The number of aromatic nitrogens is 4. The molecule has 1 aromatic carbocycles. The molecule has 0 aliphatic carbocycles. The van der Waals surface area contributed by atoms with Gasteiger partial charge in [-0.25, -0.2) is 9.97 Å². The smallest absolute Gasteiger partial charge is 0.383 e. The Bertz CT molecular complexity index is 1260. The van der Waals surface area contributed by atoms with Crippen LogP contribution in [0.15, 0.2) is 42.7 Å². The topological polar surface area (TPSA) is 89.9 Å². The molecule has 0 unspecified atom stereocenters. The van der Waals surface area contributed by atoms with Crippen molar-refractivity contribution in [2.75, 3.05) is 12.8 Å². The van der Waals surface area contributed by atoms with Gasteiger partial charge in [0, 0.05) is 26.0 Å². The molecule has 4 aromatic rings. The van der Waals surface area contributed by atoms with E-state index in [4.69, 9.17) is 5.73 Å². The van der Waals surface area contributed by atoms with Gasteiger partial charge in [-0.3, -0.25) is 9.48 Å². The minimum atomic E-state index is -4.40. The zero-order valence-corrected chi connectivity index (χ0v) is 16.1. The Morgan fingerprint density at radius 2 is 1.87 bits per heavy atom. The van der Waals surface area contributed by atoms with Crippen LogP contribution in [0.1, 0.15) is 21.6 Å². The molecule has 0 spiro atoms. The minimum absolute atomic E-state index is 0.137. The molecule has 0 saturated carbocycles. The Morgan fingerprint density at radius 1 is 1.17 bits per heavy atom. The number of fused-ring (bicyclic) bond motifs is 3. The molecule has 7 nitrogen and oxygen atoms in total. The molecule has 1 amide bonds. The molecule has 2 N–H and O–H groups in total. The van der Waals surface area contributed by atoms with E-state index in [0.717, 1.165) is 17.6 Å². The van der Waals surface area contributed by atoms with Crippen LogP contribution < -0.4 is 5.73 Å². The maximum Gasteiger partial charge on any atom is 0.416 e. The van der Waals surface area contributed by atoms with Crippen LogP contribution in [-0.4, -0.2) is 37.6 Å². The van der Waals surface area contributed by atoms with Gasteiger partial charge in [0.15, 0.2) is 0 Å². The van der Waals surface area contributed by atoms with E-state index in [1.807, 2.05) is 0 Å². The SMILES string of the molecule is CN(Cc1ccc(C(F)(F)F)cc1)C(=O)c1cc2c(cn1)nc(N)c1cnn(C)c12. The number of rotatable bonds is 3. The summed E-state index contributed by atoms with van der Waals surface area (Å²) in [7, 11) is 3.33. The van der Waals surface area contributed by atoms with Crippen molar-refractivity contribution < 1.29 is 18.0 Å². The number of halogens is 3. The van der Waals surface area contributed by atoms with Crippen LogP contribution in [0.3, 0.4) is 0 Å². The molecule has 0 bridgehead atoms. The first kappa shape index (κ1) is 19.6. The van der Waals surface area contributed by atoms with Crippen LogP contribution in [0, 0.1) is 0 Å². The lowest BCUT2D eigenvalue weighted by atomic mass is 10.1. The molecule has 0 radical (unpaired) electrons. The summed E-state index contributed by atoms with van der Waals surface area (Å²) in [5.41, 5.74) is 7.26. The van der Waals surface area contributed by atoms with E-state index in [9.17, 15) is 18.0 Å². The third kappa shape index (κ3) is 3.40. The third-order valence-corrected chi connectivity index (χ3v) is 4.86. The summed E-state index contributed by atoms with van der Waals surface area (Å²) < 4.78 is 39.8. The van der Waals surface area contributed by atoms with Gasteiger partial charge >= 0.3 is 6.18 Å². The Labute approximate surface area is 168 Å². The number of carbonyl (C=O) groups is 1. The van der Waals surface area contributed by atoms with Crippen molar-refractivity contribution in [2.24, 2.45) is 7.05 Å². The van der Waals surface area contributed by atoms with Gasteiger partial charge in [-0.15, -0.1) is 0 Å². The predicted molar refractivity (Wildman–Crippen MR) is 105 cm³/mol. The first-order valence-corrected chi connectivity index (χ1v) is 8.93. The molecule has 4 rings (SSSR count). The number of nitrogens with zero attached hydrogens (tertiary/aromatic N) is 5. The highest BCUT2D eigenvalue weighted by atomic mass is 19.4. The molecule has 0 atom stereocenters. The molecule has 0 aliphatic heterocycles. The van der Waals surface area contributed by atoms with Crippen molar-refractivity contribution in [1.82, 2.24) is 24.6 Å². The van der Waals surface area contributed by atoms with Gasteiger partial charge in [0.25, 0.3) is 5.91 Å². The Morgan fingerprint density at radius 3 is 2.53 bits per heavy atom. The monoisotopic (exact) mass is 414 g/mol. The Kier molecular flexibility index (Phi) is 4.56. The van der Waals surface area contributed by atoms with Crippen LogP contribution in [-0.2, 0) is 19.8 Å². The highest BCUT2D eigenvalue weighted by Gasteiger charge is 2.30. The summed E-state index contributed by atoms with van der Waals surface area (Å²) in [4.78, 5) is 22.7. The second kappa shape index (κ2) is 6.97. The van der Waals surface area contributed by atoms with Crippen LogP contribution in [0.25, 0.3) is 21.8 Å². The quantitative estimate of drug-likeness (QED) is 0.555. The largest absolute Gasteiger partial charge is 0.416 e. The number of amides is 1. The maximum atomic E-state index is 12.9. The Hall–Kier alpha value is -3.69. The van der Waals surface area contributed by atoms with E-state index in [-0.39, 0.29) is 18.1 Å². The number of aryl methyl sites for hydroxylation is 1. The van der Waals surface area contributed by atoms with Crippen LogP contribution in [0.5, 0.6) is 0 Å². The molecule has 3 heterocycles. The van der Waals surface area contributed by atoms with E-state index in [1.165, 1.54) is 23.2 Å². The number of anilines is 1. The second-order valence-corrected chi connectivity index (χ2v) is 6.97. The van der Waals surface area contributed by atoms with E-state index < -0.39 is 11.7 Å². The summed E-state index contributed by atoms with van der Waals surface area (Å²) >= 11 is 0. The van der Waals surface area contributed by atoms with Crippen molar-refractivity contribution >= 4 is 33.5 Å². The molecular formula is C20H17F3N6O. The molecule has 154 valence electrons. The molecule has 30 heavy (non-hydrogen) atoms.